The normalized spacial score (nSPS) is 49.8. The summed E-state index contributed by atoms with van der Waals surface area (Å²) in [5, 5.41) is 10.2. The van der Waals surface area contributed by atoms with Gasteiger partial charge in [-0.1, -0.05) is 51.2 Å². The molecule has 1 saturated heterocycles. The molecule has 0 aromatic heterocycles. The maximum atomic E-state index is 10.2. The lowest BCUT2D eigenvalue weighted by atomic mass is 9.47. The van der Waals surface area contributed by atoms with Crippen LogP contribution in [0.4, 0.5) is 0 Å². The molecule has 0 amide bonds. The highest BCUT2D eigenvalue weighted by atomic mass is 16.5. The Balaban J connectivity index is 1.32. The van der Waals surface area contributed by atoms with Crippen LogP contribution in [0.3, 0.4) is 0 Å². The molecule has 8 unspecified atom stereocenters. The number of allylic oxidation sites excluding steroid dienone is 1. The summed E-state index contributed by atoms with van der Waals surface area (Å²) in [6.07, 6.45) is 20.0. The van der Waals surface area contributed by atoms with E-state index in [2.05, 4.69) is 19.9 Å². The van der Waals surface area contributed by atoms with Gasteiger partial charge in [0.05, 0.1) is 18.8 Å². The first kappa shape index (κ1) is 19.6. The molecule has 0 radical (unpaired) electrons. The van der Waals surface area contributed by atoms with Gasteiger partial charge in [-0.05, 0) is 86.9 Å². The molecule has 1 N–H and O–H groups in total. The van der Waals surface area contributed by atoms with Gasteiger partial charge < -0.3 is 9.84 Å². The van der Waals surface area contributed by atoms with Gasteiger partial charge in [0, 0.05) is 5.41 Å². The van der Waals surface area contributed by atoms with Crippen LogP contribution >= 0.6 is 0 Å². The van der Waals surface area contributed by atoms with E-state index in [0.717, 1.165) is 43.1 Å². The van der Waals surface area contributed by atoms with Gasteiger partial charge in [0.1, 0.15) is 0 Å². The number of aliphatic hydroxyl groups excluding tert-OH is 1. The molecule has 28 heavy (non-hydrogen) atoms. The molecule has 5 rings (SSSR count). The zero-order valence-corrected chi connectivity index (χ0v) is 18.3. The molecule has 8 atom stereocenters. The Hall–Kier alpha value is -0.340. The molecule has 2 heteroatoms. The molecular formula is C26H42O2. The first-order valence-corrected chi connectivity index (χ1v) is 12.6. The van der Waals surface area contributed by atoms with Crippen molar-refractivity contribution >= 4 is 0 Å². The third kappa shape index (κ3) is 2.88. The number of aliphatic hydroxyl groups is 1. The largest absolute Gasteiger partial charge is 0.393 e. The highest BCUT2D eigenvalue weighted by molar-refractivity contribution is 5.26. The Morgan fingerprint density at radius 2 is 1.89 bits per heavy atom. The van der Waals surface area contributed by atoms with E-state index in [9.17, 15) is 5.11 Å². The van der Waals surface area contributed by atoms with Crippen LogP contribution in [-0.4, -0.2) is 23.9 Å². The van der Waals surface area contributed by atoms with Gasteiger partial charge in [-0.3, -0.25) is 0 Å². The van der Waals surface area contributed by atoms with Crippen molar-refractivity contribution in [3.63, 3.8) is 0 Å². The summed E-state index contributed by atoms with van der Waals surface area (Å²) in [4.78, 5) is 0. The van der Waals surface area contributed by atoms with Crippen molar-refractivity contribution in [2.75, 3.05) is 6.61 Å². The second-order valence-corrected chi connectivity index (χ2v) is 11.3. The molecule has 1 aliphatic heterocycles. The minimum absolute atomic E-state index is 0.0848. The van der Waals surface area contributed by atoms with Crippen LogP contribution in [0.25, 0.3) is 0 Å². The highest BCUT2D eigenvalue weighted by Gasteiger charge is 2.63. The summed E-state index contributed by atoms with van der Waals surface area (Å²) in [7, 11) is 0. The average Bonchev–Trinajstić information content (AvgIpc) is 3.22. The van der Waals surface area contributed by atoms with Crippen LogP contribution in [-0.2, 0) is 4.74 Å². The molecule has 5 aliphatic rings. The molecule has 0 aromatic carbocycles. The first-order chi connectivity index (χ1) is 13.6. The van der Waals surface area contributed by atoms with E-state index in [1.54, 1.807) is 5.57 Å². The van der Waals surface area contributed by atoms with Crippen LogP contribution in [0.5, 0.6) is 0 Å². The van der Waals surface area contributed by atoms with Crippen LogP contribution in [0, 0.1) is 34.5 Å². The summed E-state index contributed by atoms with van der Waals surface area (Å²) < 4.78 is 6.54. The van der Waals surface area contributed by atoms with Crippen molar-refractivity contribution in [2.24, 2.45) is 34.5 Å². The molecule has 0 bridgehead atoms. The van der Waals surface area contributed by atoms with Crippen molar-refractivity contribution in [1.82, 2.24) is 0 Å². The van der Waals surface area contributed by atoms with E-state index in [4.69, 9.17) is 4.74 Å². The summed E-state index contributed by atoms with van der Waals surface area (Å²) in [6, 6.07) is 0. The minimum atomic E-state index is -0.0848. The van der Waals surface area contributed by atoms with Gasteiger partial charge in [0.15, 0.2) is 0 Å². The van der Waals surface area contributed by atoms with E-state index < -0.39 is 0 Å². The Bertz CT molecular complexity index is 612. The second kappa shape index (κ2) is 7.41. The predicted octanol–water partition coefficient (Wildman–Crippen LogP) is 6.28. The van der Waals surface area contributed by atoms with Gasteiger partial charge in [-0.2, -0.15) is 0 Å². The lowest BCUT2D eigenvalue weighted by Gasteiger charge is -2.57. The fourth-order valence-electron chi connectivity index (χ4n) is 8.77. The van der Waals surface area contributed by atoms with Gasteiger partial charge in [0.2, 0.25) is 0 Å². The van der Waals surface area contributed by atoms with Crippen LogP contribution < -0.4 is 0 Å². The average molecular weight is 387 g/mol. The quantitative estimate of drug-likeness (QED) is 0.445. The van der Waals surface area contributed by atoms with Crippen molar-refractivity contribution in [3.05, 3.63) is 11.6 Å². The van der Waals surface area contributed by atoms with Crippen LogP contribution in [0.15, 0.2) is 11.6 Å². The van der Waals surface area contributed by atoms with Gasteiger partial charge >= 0.3 is 0 Å². The number of fused-ring (bicyclic) bond motifs is 4. The number of ether oxygens (including phenoxy) is 1. The SMILES string of the molecule is CCCCCCC1OCC23CCC4C(CC=C5CC(O)CCC54C)C2CCC13. The molecule has 2 nitrogen and oxygen atoms in total. The monoisotopic (exact) mass is 386 g/mol. The molecule has 0 aromatic rings. The Morgan fingerprint density at radius 3 is 2.75 bits per heavy atom. The summed E-state index contributed by atoms with van der Waals surface area (Å²) in [6.45, 7) is 5.92. The maximum Gasteiger partial charge on any atom is 0.0609 e. The van der Waals surface area contributed by atoms with Crippen LogP contribution in [0.2, 0.25) is 0 Å². The van der Waals surface area contributed by atoms with Gasteiger partial charge in [-0.25, -0.2) is 0 Å². The van der Waals surface area contributed by atoms with E-state index in [1.807, 2.05) is 0 Å². The lowest BCUT2D eigenvalue weighted by Crippen LogP contribution is -2.51. The van der Waals surface area contributed by atoms with E-state index in [-0.39, 0.29) is 6.10 Å². The molecule has 1 heterocycles. The van der Waals surface area contributed by atoms with Crippen molar-refractivity contribution in [2.45, 2.75) is 110 Å². The maximum absolute atomic E-state index is 10.2. The fourth-order valence-corrected chi connectivity index (χ4v) is 8.77. The molecular weight excluding hydrogens is 344 g/mol. The smallest absolute Gasteiger partial charge is 0.0609 e. The molecule has 1 spiro atoms. The van der Waals surface area contributed by atoms with E-state index in [1.165, 1.54) is 70.6 Å². The second-order valence-electron chi connectivity index (χ2n) is 11.3. The third-order valence-corrected chi connectivity index (χ3v) is 10.2. The predicted molar refractivity (Wildman–Crippen MR) is 114 cm³/mol. The van der Waals surface area contributed by atoms with E-state index >= 15 is 0 Å². The summed E-state index contributed by atoms with van der Waals surface area (Å²) in [5.74, 6) is 3.49. The fraction of sp³-hybridized carbons (Fsp3) is 0.923. The van der Waals surface area contributed by atoms with Gasteiger partial charge in [0.25, 0.3) is 0 Å². The number of rotatable bonds is 5. The standard InChI is InChI=1S/C26H42O2/c1-3-4-5-6-7-24-23-11-10-22-20-9-8-18-16-19(27)12-14-25(18,2)21(20)13-15-26(22,23)17-28-24/h8,19-24,27H,3-7,9-17H2,1-2H3. The number of hydrogen-bond donors (Lipinski definition) is 1. The zero-order valence-electron chi connectivity index (χ0n) is 18.3. The van der Waals surface area contributed by atoms with Crippen molar-refractivity contribution in [3.8, 4) is 0 Å². The molecule has 4 aliphatic carbocycles. The molecule has 4 fully saturated rings. The Kier molecular flexibility index (Phi) is 5.19. The molecule has 3 saturated carbocycles. The Morgan fingerprint density at radius 1 is 1.04 bits per heavy atom. The van der Waals surface area contributed by atoms with Gasteiger partial charge in [-0.15, -0.1) is 0 Å². The Labute approximate surface area is 172 Å². The lowest BCUT2D eigenvalue weighted by molar-refractivity contribution is -0.0541. The first-order valence-electron chi connectivity index (χ1n) is 12.6. The van der Waals surface area contributed by atoms with Crippen molar-refractivity contribution < 1.29 is 9.84 Å². The summed E-state index contributed by atoms with van der Waals surface area (Å²) >= 11 is 0. The molecule has 158 valence electrons. The number of unbranched alkanes of at least 4 members (excludes halogenated alkanes) is 3. The zero-order chi connectivity index (χ0) is 19.4. The number of hydrogen-bond acceptors (Lipinski definition) is 2. The third-order valence-electron chi connectivity index (χ3n) is 10.2. The van der Waals surface area contributed by atoms with E-state index in [0.29, 0.717) is 16.9 Å². The van der Waals surface area contributed by atoms with Crippen molar-refractivity contribution in [1.29, 1.82) is 0 Å². The minimum Gasteiger partial charge on any atom is -0.393 e. The highest BCUT2D eigenvalue weighted by Crippen LogP contribution is 2.68. The topological polar surface area (TPSA) is 29.5 Å². The summed E-state index contributed by atoms with van der Waals surface area (Å²) in [5.41, 5.74) is 2.50. The van der Waals surface area contributed by atoms with Crippen LogP contribution in [0.1, 0.15) is 97.3 Å².